The fourth-order valence-electron chi connectivity index (χ4n) is 2.94. The predicted octanol–water partition coefficient (Wildman–Crippen LogP) is 3.69. The van der Waals surface area contributed by atoms with Gasteiger partial charge in [-0.1, -0.05) is 35.9 Å². The standard InChI is InChI=1S/C23H25N3O3/c1-18-10-12-19(13-11-18)24-22(27)16-25(2)17-23(28)26(15-21-9-6-14-29-21)20-7-4-3-5-8-20/h3-14H,15-17H2,1-2H3,(H,24,27). The number of hydrogen-bond donors (Lipinski definition) is 1. The van der Waals surface area contributed by atoms with Crippen molar-refractivity contribution in [2.45, 2.75) is 13.5 Å². The number of furan rings is 1. The maximum Gasteiger partial charge on any atom is 0.241 e. The minimum Gasteiger partial charge on any atom is -0.467 e. The molecule has 0 unspecified atom stereocenters. The third-order valence-electron chi connectivity index (χ3n) is 4.42. The van der Waals surface area contributed by atoms with E-state index in [1.54, 1.807) is 29.2 Å². The highest BCUT2D eigenvalue weighted by Crippen LogP contribution is 2.18. The van der Waals surface area contributed by atoms with E-state index in [9.17, 15) is 9.59 Å². The van der Waals surface area contributed by atoms with Crippen LogP contribution >= 0.6 is 0 Å². The Labute approximate surface area is 170 Å². The molecular weight excluding hydrogens is 366 g/mol. The smallest absolute Gasteiger partial charge is 0.241 e. The number of likely N-dealkylation sites (N-methyl/N-ethyl adjacent to an activating group) is 1. The third-order valence-corrected chi connectivity index (χ3v) is 4.42. The van der Waals surface area contributed by atoms with Gasteiger partial charge in [0.05, 0.1) is 25.9 Å². The van der Waals surface area contributed by atoms with Crippen LogP contribution < -0.4 is 10.2 Å². The first-order chi connectivity index (χ1) is 14.0. The zero-order valence-corrected chi connectivity index (χ0v) is 16.7. The molecule has 1 aromatic heterocycles. The quantitative estimate of drug-likeness (QED) is 0.636. The van der Waals surface area contributed by atoms with Gasteiger partial charge in [-0.2, -0.15) is 0 Å². The van der Waals surface area contributed by atoms with E-state index in [0.717, 1.165) is 16.9 Å². The summed E-state index contributed by atoms with van der Waals surface area (Å²) in [7, 11) is 1.75. The van der Waals surface area contributed by atoms with Gasteiger partial charge in [0, 0.05) is 11.4 Å². The van der Waals surface area contributed by atoms with Crippen LogP contribution in [0.4, 0.5) is 11.4 Å². The Hall–Kier alpha value is -3.38. The maximum absolute atomic E-state index is 13.0. The second-order valence-corrected chi connectivity index (χ2v) is 6.98. The van der Waals surface area contributed by atoms with Gasteiger partial charge in [0.25, 0.3) is 0 Å². The maximum atomic E-state index is 13.0. The minimum atomic E-state index is -0.165. The lowest BCUT2D eigenvalue weighted by molar-refractivity contribution is -0.121. The van der Waals surface area contributed by atoms with Crippen molar-refractivity contribution in [2.24, 2.45) is 0 Å². The van der Waals surface area contributed by atoms with Crippen LogP contribution in [-0.4, -0.2) is 36.9 Å². The molecule has 3 rings (SSSR count). The number of para-hydroxylation sites is 1. The molecule has 0 aliphatic carbocycles. The zero-order chi connectivity index (χ0) is 20.6. The van der Waals surface area contributed by atoms with E-state index < -0.39 is 0 Å². The molecule has 29 heavy (non-hydrogen) atoms. The largest absolute Gasteiger partial charge is 0.467 e. The average molecular weight is 391 g/mol. The van der Waals surface area contributed by atoms with Gasteiger partial charge in [-0.15, -0.1) is 0 Å². The Balaban J connectivity index is 1.60. The summed E-state index contributed by atoms with van der Waals surface area (Å²) < 4.78 is 5.41. The molecule has 0 aliphatic heterocycles. The van der Waals surface area contributed by atoms with E-state index in [2.05, 4.69) is 5.32 Å². The molecule has 0 bridgehead atoms. The first-order valence-corrected chi connectivity index (χ1v) is 9.44. The first-order valence-electron chi connectivity index (χ1n) is 9.44. The van der Waals surface area contributed by atoms with Crippen LogP contribution in [0.25, 0.3) is 0 Å². The molecule has 0 aliphatic rings. The van der Waals surface area contributed by atoms with Crippen LogP contribution in [0.5, 0.6) is 0 Å². The van der Waals surface area contributed by atoms with E-state index in [4.69, 9.17) is 4.42 Å². The van der Waals surface area contributed by atoms with Crippen molar-refractivity contribution in [2.75, 3.05) is 30.4 Å². The van der Waals surface area contributed by atoms with Crippen molar-refractivity contribution in [3.63, 3.8) is 0 Å². The molecule has 1 heterocycles. The number of amides is 2. The number of hydrogen-bond acceptors (Lipinski definition) is 4. The molecule has 0 radical (unpaired) electrons. The molecule has 0 fully saturated rings. The second kappa shape index (κ2) is 9.71. The second-order valence-electron chi connectivity index (χ2n) is 6.98. The van der Waals surface area contributed by atoms with Crippen LogP contribution in [0.1, 0.15) is 11.3 Å². The Kier molecular flexibility index (Phi) is 6.81. The summed E-state index contributed by atoms with van der Waals surface area (Å²) >= 11 is 0. The number of nitrogens with zero attached hydrogens (tertiary/aromatic N) is 2. The van der Waals surface area contributed by atoms with E-state index in [1.165, 1.54) is 0 Å². The summed E-state index contributed by atoms with van der Waals surface area (Å²) in [5.41, 5.74) is 2.65. The monoisotopic (exact) mass is 391 g/mol. The van der Waals surface area contributed by atoms with Gasteiger partial charge in [-0.3, -0.25) is 14.5 Å². The molecule has 2 amide bonds. The summed E-state index contributed by atoms with van der Waals surface area (Å²) in [6.07, 6.45) is 1.59. The van der Waals surface area contributed by atoms with Crippen molar-refractivity contribution < 1.29 is 14.0 Å². The normalized spacial score (nSPS) is 10.7. The van der Waals surface area contributed by atoms with E-state index in [-0.39, 0.29) is 24.9 Å². The van der Waals surface area contributed by atoms with E-state index in [1.807, 2.05) is 67.6 Å². The number of carbonyl (C=O) groups is 2. The highest BCUT2D eigenvalue weighted by Gasteiger charge is 2.20. The van der Waals surface area contributed by atoms with Crippen molar-refractivity contribution in [3.8, 4) is 0 Å². The molecule has 6 heteroatoms. The molecule has 0 saturated carbocycles. The highest BCUT2D eigenvalue weighted by molar-refractivity contribution is 5.96. The average Bonchev–Trinajstić information content (AvgIpc) is 3.21. The van der Waals surface area contributed by atoms with Crippen LogP contribution in [0.15, 0.2) is 77.4 Å². The lowest BCUT2D eigenvalue weighted by Crippen LogP contribution is -2.41. The summed E-state index contributed by atoms with van der Waals surface area (Å²) in [4.78, 5) is 28.6. The van der Waals surface area contributed by atoms with Crippen molar-refractivity contribution in [3.05, 3.63) is 84.3 Å². The van der Waals surface area contributed by atoms with Crippen LogP contribution in [0.2, 0.25) is 0 Å². The van der Waals surface area contributed by atoms with Gasteiger partial charge >= 0.3 is 0 Å². The Morgan fingerprint density at radius 3 is 2.31 bits per heavy atom. The molecule has 150 valence electrons. The van der Waals surface area contributed by atoms with Gasteiger partial charge in [0.2, 0.25) is 11.8 Å². The summed E-state index contributed by atoms with van der Waals surface area (Å²) in [6.45, 7) is 2.55. The van der Waals surface area contributed by atoms with Crippen LogP contribution in [0, 0.1) is 6.92 Å². The molecule has 0 saturated heterocycles. The van der Waals surface area contributed by atoms with Crippen molar-refractivity contribution in [1.29, 1.82) is 0 Å². The number of benzene rings is 2. The van der Waals surface area contributed by atoms with Gasteiger partial charge in [0.15, 0.2) is 0 Å². The Morgan fingerprint density at radius 1 is 0.931 bits per heavy atom. The SMILES string of the molecule is Cc1ccc(NC(=O)CN(C)CC(=O)N(Cc2ccco2)c2ccccc2)cc1. The number of carbonyl (C=O) groups excluding carboxylic acids is 2. The van der Waals surface area contributed by atoms with Gasteiger partial charge < -0.3 is 14.6 Å². The topological polar surface area (TPSA) is 65.8 Å². The molecular formula is C23H25N3O3. The summed E-state index contributed by atoms with van der Waals surface area (Å²) in [6, 6.07) is 20.7. The molecule has 0 spiro atoms. The predicted molar refractivity (Wildman–Crippen MR) is 114 cm³/mol. The molecule has 3 aromatic rings. The lowest BCUT2D eigenvalue weighted by atomic mass is 10.2. The number of nitrogens with one attached hydrogen (secondary N) is 1. The first kappa shape index (κ1) is 20.4. The van der Waals surface area contributed by atoms with E-state index in [0.29, 0.717) is 12.3 Å². The van der Waals surface area contributed by atoms with Crippen molar-refractivity contribution >= 4 is 23.2 Å². The highest BCUT2D eigenvalue weighted by atomic mass is 16.3. The lowest BCUT2D eigenvalue weighted by Gasteiger charge is -2.25. The molecule has 0 atom stereocenters. The fraction of sp³-hybridized carbons (Fsp3) is 0.217. The molecule has 1 N–H and O–H groups in total. The van der Waals surface area contributed by atoms with Gasteiger partial charge in [-0.05, 0) is 50.4 Å². The van der Waals surface area contributed by atoms with Gasteiger partial charge in [-0.25, -0.2) is 0 Å². The summed E-state index contributed by atoms with van der Waals surface area (Å²) in [5, 5.41) is 2.85. The Bertz CT molecular complexity index is 922. The Morgan fingerprint density at radius 2 is 1.66 bits per heavy atom. The summed E-state index contributed by atoms with van der Waals surface area (Å²) in [5.74, 6) is 0.418. The fourth-order valence-corrected chi connectivity index (χ4v) is 2.94. The number of anilines is 2. The minimum absolute atomic E-state index is 0.108. The van der Waals surface area contributed by atoms with Gasteiger partial charge in [0.1, 0.15) is 5.76 Å². The zero-order valence-electron chi connectivity index (χ0n) is 16.7. The number of rotatable bonds is 8. The number of aryl methyl sites for hydroxylation is 1. The third kappa shape index (κ3) is 6.05. The van der Waals surface area contributed by atoms with E-state index >= 15 is 0 Å². The molecule has 6 nitrogen and oxygen atoms in total. The van der Waals surface area contributed by atoms with Crippen LogP contribution in [0.3, 0.4) is 0 Å². The molecule has 2 aromatic carbocycles. The van der Waals surface area contributed by atoms with Crippen molar-refractivity contribution in [1.82, 2.24) is 4.90 Å². The van der Waals surface area contributed by atoms with Crippen LogP contribution in [-0.2, 0) is 16.1 Å².